The molecule has 0 aliphatic heterocycles. The Labute approximate surface area is 236 Å². The first-order chi connectivity index (χ1) is 19.7. The van der Waals surface area contributed by atoms with Crippen molar-refractivity contribution in [2.24, 2.45) is 0 Å². The number of aromatic nitrogens is 1. The number of para-hydroxylation sites is 2. The molecule has 0 N–H and O–H groups in total. The minimum Gasteiger partial charge on any atom is -0.309 e. The third-order valence-corrected chi connectivity index (χ3v) is 8.16. The van der Waals surface area contributed by atoms with Gasteiger partial charge in [-0.15, -0.1) is 0 Å². The highest BCUT2D eigenvalue weighted by Gasteiger charge is 2.16. The van der Waals surface area contributed by atoms with E-state index in [9.17, 15) is 0 Å². The summed E-state index contributed by atoms with van der Waals surface area (Å²) in [5, 5.41) is 2.54. The summed E-state index contributed by atoms with van der Waals surface area (Å²) in [6.45, 7) is 4.45. The molecule has 0 amide bonds. The van der Waals surface area contributed by atoms with Gasteiger partial charge in [-0.1, -0.05) is 116 Å². The van der Waals surface area contributed by atoms with Gasteiger partial charge >= 0.3 is 0 Å². The summed E-state index contributed by atoms with van der Waals surface area (Å²) >= 11 is 0. The molecule has 192 valence electrons. The first-order valence-electron chi connectivity index (χ1n) is 14.1. The van der Waals surface area contributed by atoms with Gasteiger partial charge < -0.3 is 4.57 Å². The van der Waals surface area contributed by atoms with E-state index in [0.29, 0.717) is 0 Å². The molecule has 7 aromatic rings. The highest BCUT2D eigenvalue weighted by atomic mass is 15.0. The SMILES string of the molecule is CCc1ccccc1-c1cc(-c2ccc3c(c2)c2ccccc2n3-c2ccccc2-c2ccccc2)ccc1C. The summed E-state index contributed by atoms with van der Waals surface area (Å²) in [5.41, 5.74) is 13.9. The lowest BCUT2D eigenvalue weighted by molar-refractivity contribution is 1.14. The molecular weight excluding hydrogens is 482 g/mol. The Morgan fingerprint density at radius 2 is 1.12 bits per heavy atom. The number of hydrogen-bond donors (Lipinski definition) is 0. The molecule has 1 aromatic heterocycles. The van der Waals surface area contributed by atoms with Crippen molar-refractivity contribution in [3.8, 4) is 39.1 Å². The van der Waals surface area contributed by atoms with Crippen LogP contribution in [0.3, 0.4) is 0 Å². The molecule has 0 spiro atoms. The molecule has 40 heavy (non-hydrogen) atoms. The van der Waals surface area contributed by atoms with Crippen molar-refractivity contribution in [2.45, 2.75) is 20.3 Å². The summed E-state index contributed by atoms with van der Waals surface area (Å²) in [5.74, 6) is 0. The van der Waals surface area contributed by atoms with E-state index in [0.717, 1.165) is 6.42 Å². The Bertz CT molecular complexity index is 1990. The smallest absolute Gasteiger partial charge is 0.0541 e. The van der Waals surface area contributed by atoms with E-state index < -0.39 is 0 Å². The molecule has 1 heterocycles. The fourth-order valence-corrected chi connectivity index (χ4v) is 6.13. The quantitative estimate of drug-likeness (QED) is 0.216. The normalized spacial score (nSPS) is 11.3. The van der Waals surface area contributed by atoms with E-state index >= 15 is 0 Å². The maximum Gasteiger partial charge on any atom is 0.0541 e. The number of nitrogens with zero attached hydrogens (tertiary/aromatic N) is 1. The summed E-state index contributed by atoms with van der Waals surface area (Å²) in [6.07, 6.45) is 1.02. The second-order valence-corrected chi connectivity index (χ2v) is 10.5. The van der Waals surface area contributed by atoms with Gasteiger partial charge in [-0.3, -0.25) is 0 Å². The third kappa shape index (κ3) is 4.03. The fourth-order valence-electron chi connectivity index (χ4n) is 6.13. The third-order valence-electron chi connectivity index (χ3n) is 8.16. The van der Waals surface area contributed by atoms with E-state index in [1.54, 1.807) is 0 Å². The number of hydrogen-bond acceptors (Lipinski definition) is 0. The van der Waals surface area contributed by atoms with Gasteiger partial charge in [0, 0.05) is 16.3 Å². The molecular formula is C39H31N. The van der Waals surface area contributed by atoms with Crippen molar-refractivity contribution >= 4 is 21.8 Å². The van der Waals surface area contributed by atoms with Crippen LogP contribution in [0.15, 0.2) is 140 Å². The standard InChI is InChI=1S/C39H31N/c1-3-28-13-7-8-16-32(28)35-25-30(22-21-27(35)2)31-23-24-39-36(26-31)34-18-10-12-20-38(34)40(39)37-19-11-9-17-33(37)29-14-5-4-6-15-29/h4-26H,3H2,1-2H3. The lowest BCUT2D eigenvalue weighted by Gasteiger charge is -2.15. The van der Waals surface area contributed by atoms with Crippen LogP contribution in [0.4, 0.5) is 0 Å². The van der Waals surface area contributed by atoms with Gasteiger partial charge in [-0.25, -0.2) is 0 Å². The Kier molecular flexibility index (Phi) is 6.06. The van der Waals surface area contributed by atoms with Crippen LogP contribution < -0.4 is 0 Å². The average molecular weight is 514 g/mol. The van der Waals surface area contributed by atoms with Gasteiger partial charge in [0.25, 0.3) is 0 Å². The first-order valence-corrected chi connectivity index (χ1v) is 14.1. The number of benzene rings is 6. The zero-order valence-corrected chi connectivity index (χ0v) is 22.9. The Morgan fingerprint density at radius 1 is 0.475 bits per heavy atom. The van der Waals surface area contributed by atoms with Crippen molar-refractivity contribution in [3.05, 3.63) is 151 Å². The Morgan fingerprint density at radius 3 is 1.98 bits per heavy atom. The van der Waals surface area contributed by atoms with Crippen LogP contribution in [-0.4, -0.2) is 4.57 Å². The van der Waals surface area contributed by atoms with E-state index in [4.69, 9.17) is 0 Å². The van der Waals surface area contributed by atoms with Crippen molar-refractivity contribution in [2.75, 3.05) is 0 Å². The van der Waals surface area contributed by atoms with Gasteiger partial charge in [0.1, 0.15) is 0 Å². The molecule has 0 radical (unpaired) electrons. The maximum atomic E-state index is 2.43. The monoisotopic (exact) mass is 513 g/mol. The molecule has 0 unspecified atom stereocenters. The van der Waals surface area contributed by atoms with Crippen LogP contribution >= 0.6 is 0 Å². The summed E-state index contributed by atoms with van der Waals surface area (Å²) in [7, 11) is 0. The number of fused-ring (bicyclic) bond motifs is 3. The molecule has 0 aliphatic rings. The molecule has 1 heteroatoms. The van der Waals surface area contributed by atoms with Crippen LogP contribution in [0.25, 0.3) is 60.9 Å². The largest absolute Gasteiger partial charge is 0.309 e. The van der Waals surface area contributed by atoms with Gasteiger partial charge in [-0.05, 0) is 82.6 Å². The molecule has 1 nitrogen and oxygen atoms in total. The molecule has 0 aliphatic carbocycles. The van der Waals surface area contributed by atoms with Crippen LogP contribution in [0.1, 0.15) is 18.1 Å². The molecule has 6 aromatic carbocycles. The second kappa shape index (κ2) is 10.0. The molecule has 0 atom stereocenters. The van der Waals surface area contributed by atoms with Crippen molar-refractivity contribution in [1.82, 2.24) is 4.57 Å². The van der Waals surface area contributed by atoms with Gasteiger partial charge in [-0.2, -0.15) is 0 Å². The van der Waals surface area contributed by atoms with E-state index in [2.05, 4.69) is 158 Å². The highest BCUT2D eigenvalue weighted by Crippen LogP contribution is 2.39. The highest BCUT2D eigenvalue weighted by molar-refractivity contribution is 6.11. The lowest BCUT2D eigenvalue weighted by atomic mass is 9.91. The average Bonchev–Trinajstić information content (AvgIpc) is 3.35. The van der Waals surface area contributed by atoms with E-state index in [1.807, 2.05) is 0 Å². The minimum atomic E-state index is 1.02. The summed E-state index contributed by atoms with van der Waals surface area (Å²) in [6, 6.07) is 50.8. The van der Waals surface area contributed by atoms with Crippen LogP contribution in [0, 0.1) is 6.92 Å². The molecule has 7 rings (SSSR count). The predicted octanol–water partition coefficient (Wildman–Crippen LogP) is 10.7. The molecule has 0 fully saturated rings. The van der Waals surface area contributed by atoms with Gasteiger partial charge in [0.2, 0.25) is 0 Å². The zero-order valence-electron chi connectivity index (χ0n) is 22.9. The van der Waals surface area contributed by atoms with Crippen LogP contribution in [0.5, 0.6) is 0 Å². The van der Waals surface area contributed by atoms with Crippen LogP contribution in [-0.2, 0) is 6.42 Å². The molecule has 0 saturated heterocycles. The molecule has 0 bridgehead atoms. The van der Waals surface area contributed by atoms with Crippen molar-refractivity contribution in [1.29, 1.82) is 0 Å². The first kappa shape index (κ1) is 24.2. The van der Waals surface area contributed by atoms with E-state index in [1.165, 1.54) is 72.0 Å². The zero-order chi connectivity index (χ0) is 27.1. The van der Waals surface area contributed by atoms with Crippen molar-refractivity contribution in [3.63, 3.8) is 0 Å². The number of aryl methyl sites for hydroxylation is 2. The topological polar surface area (TPSA) is 4.93 Å². The predicted molar refractivity (Wildman–Crippen MR) is 171 cm³/mol. The van der Waals surface area contributed by atoms with Crippen molar-refractivity contribution < 1.29 is 0 Å². The fraction of sp³-hybridized carbons (Fsp3) is 0.0769. The lowest BCUT2D eigenvalue weighted by Crippen LogP contribution is -1.97. The van der Waals surface area contributed by atoms with Gasteiger partial charge in [0.05, 0.1) is 16.7 Å². The summed E-state index contributed by atoms with van der Waals surface area (Å²) < 4.78 is 2.43. The Balaban J connectivity index is 1.43. The van der Waals surface area contributed by atoms with Crippen LogP contribution in [0.2, 0.25) is 0 Å². The summed E-state index contributed by atoms with van der Waals surface area (Å²) in [4.78, 5) is 0. The second-order valence-electron chi connectivity index (χ2n) is 10.5. The maximum absolute atomic E-state index is 2.43. The Hall–Kier alpha value is -4.88. The molecule has 0 saturated carbocycles. The minimum absolute atomic E-state index is 1.02. The van der Waals surface area contributed by atoms with E-state index in [-0.39, 0.29) is 0 Å². The number of rotatable bonds is 5. The van der Waals surface area contributed by atoms with Gasteiger partial charge in [0.15, 0.2) is 0 Å².